The zero-order valence-electron chi connectivity index (χ0n) is 23.2. The predicted molar refractivity (Wildman–Crippen MR) is 151 cm³/mol. The fraction of sp³-hybridized carbons (Fsp3) is 0.800. The Hall–Kier alpha value is -1.04. The molecule has 0 spiro atoms. The molecule has 2 unspecified atom stereocenters. The minimum absolute atomic E-state index is 0.0690. The molecule has 0 aliphatic rings. The number of fused-ring (bicyclic) bond motifs is 1. The number of rotatable bonds is 22. The molecule has 2 aromatic rings. The molecule has 200 valence electrons. The standard InChI is InChI=1S/C30H52N2O2S/c1-5-7-9-11-13-15-17-19-21-33-25(3)29-30(32-28-24-35-23-27(28)31-29)26(4)34-22-20-18-16-14-12-10-8-6-2/h23-26H,5-22H2,1-4H3. The highest BCUT2D eigenvalue weighted by molar-refractivity contribution is 7.09. The van der Waals surface area contributed by atoms with Crippen LogP contribution in [0.25, 0.3) is 11.0 Å². The highest BCUT2D eigenvalue weighted by Crippen LogP contribution is 2.29. The zero-order chi connectivity index (χ0) is 25.1. The quantitative estimate of drug-likeness (QED) is 0.150. The second-order valence-electron chi connectivity index (χ2n) is 10.1. The highest BCUT2D eigenvalue weighted by atomic mass is 32.1. The molecule has 4 nitrogen and oxygen atoms in total. The van der Waals surface area contributed by atoms with Crippen molar-refractivity contribution in [3.05, 3.63) is 22.1 Å². The van der Waals surface area contributed by atoms with Crippen LogP contribution in [0.2, 0.25) is 0 Å². The number of hydrogen-bond acceptors (Lipinski definition) is 5. The van der Waals surface area contributed by atoms with Crippen molar-refractivity contribution in [3.63, 3.8) is 0 Å². The molecule has 0 bridgehead atoms. The van der Waals surface area contributed by atoms with E-state index in [4.69, 9.17) is 19.4 Å². The summed E-state index contributed by atoms with van der Waals surface area (Å²) in [4.78, 5) is 9.90. The van der Waals surface area contributed by atoms with E-state index in [2.05, 4.69) is 38.5 Å². The van der Waals surface area contributed by atoms with Crippen molar-refractivity contribution in [2.24, 2.45) is 0 Å². The summed E-state index contributed by atoms with van der Waals surface area (Å²) >= 11 is 1.65. The molecule has 2 atom stereocenters. The SMILES string of the molecule is CCCCCCCCCCOC(C)c1nc2cscc2nc1C(C)OCCCCCCCCCC. The topological polar surface area (TPSA) is 44.2 Å². The number of ether oxygens (including phenoxy) is 2. The molecule has 35 heavy (non-hydrogen) atoms. The van der Waals surface area contributed by atoms with Gasteiger partial charge in [0.2, 0.25) is 0 Å². The van der Waals surface area contributed by atoms with Gasteiger partial charge in [0.25, 0.3) is 0 Å². The van der Waals surface area contributed by atoms with Gasteiger partial charge in [0, 0.05) is 24.0 Å². The lowest BCUT2D eigenvalue weighted by atomic mass is 10.1. The van der Waals surface area contributed by atoms with E-state index in [0.717, 1.165) is 48.5 Å². The zero-order valence-corrected chi connectivity index (χ0v) is 24.0. The number of hydrogen-bond donors (Lipinski definition) is 0. The van der Waals surface area contributed by atoms with E-state index in [0.29, 0.717) is 0 Å². The van der Waals surface area contributed by atoms with Crippen molar-refractivity contribution in [3.8, 4) is 0 Å². The van der Waals surface area contributed by atoms with E-state index in [-0.39, 0.29) is 12.2 Å². The molecule has 2 heterocycles. The number of aromatic nitrogens is 2. The Bertz CT molecular complexity index is 717. The van der Waals surface area contributed by atoms with Gasteiger partial charge in [-0.3, -0.25) is 0 Å². The molecule has 0 aromatic carbocycles. The summed E-state index contributed by atoms with van der Waals surface area (Å²) in [6.07, 6.45) is 20.8. The minimum Gasteiger partial charge on any atom is -0.372 e. The largest absolute Gasteiger partial charge is 0.372 e. The number of nitrogens with zero attached hydrogens (tertiary/aromatic N) is 2. The third kappa shape index (κ3) is 12.2. The van der Waals surface area contributed by atoms with Gasteiger partial charge in [-0.1, -0.05) is 104 Å². The van der Waals surface area contributed by atoms with Crippen LogP contribution in [-0.2, 0) is 9.47 Å². The summed E-state index contributed by atoms with van der Waals surface area (Å²) in [5, 5.41) is 4.15. The first-order valence-corrected chi connectivity index (χ1v) is 15.6. The molecule has 0 N–H and O–H groups in total. The monoisotopic (exact) mass is 504 g/mol. The van der Waals surface area contributed by atoms with Crippen LogP contribution >= 0.6 is 11.3 Å². The average molecular weight is 505 g/mol. The molecule has 5 heteroatoms. The van der Waals surface area contributed by atoms with Crippen LogP contribution in [0.15, 0.2) is 10.8 Å². The summed E-state index contributed by atoms with van der Waals surface area (Å²) in [6, 6.07) is 0. The van der Waals surface area contributed by atoms with Crippen LogP contribution in [0.3, 0.4) is 0 Å². The Kier molecular flexibility index (Phi) is 16.5. The van der Waals surface area contributed by atoms with Crippen LogP contribution in [0.1, 0.15) is 154 Å². The third-order valence-electron chi connectivity index (χ3n) is 6.87. The van der Waals surface area contributed by atoms with Crippen molar-refractivity contribution in [2.45, 2.75) is 143 Å². The maximum Gasteiger partial charge on any atom is 0.0998 e. The summed E-state index contributed by atoms with van der Waals surface area (Å²) in [5.74, 6) is 0. The molecule has 0 aliphatic carbocycles. The first kappa shape index (κ1) is 30.2. The van der Waals surface area contributed by atoms with Gasteiger partial charge in [-0.25, -0.2) is 9.97 Å². The van der Waals surface area contributed by atoms with Gasteiger partial charge in [0.1, 0.15) is 0 Å². The molecule has 0 radical (unpaired) electrons. The van der Waals surface area contributed by atoms with E-state index >= 15 is 0 Å². The van der Waals surface area contributed by atoms with Crippen LogP contribution < -0.4 is 0 Å². The van der Waals surface area contributed by atoms with Gasteiger partial charge in [-0.05, 0) is 26.7 Å². The fourth-order valence-electron chi connectivity index (χ4n) is 4.57. The summed E-state index contributed by atoms with van der Waals surface area (Å²) < 4.78 is 12.5. The predicted octanol–water partition coefficient (Wildman–Crippen LogP) is 10.1. The summed E-state index contributed by atoms with van der Waals surface area (Å²) in [5.41, 5.74) is 3.82. The second kappa shape index (κ2) is 19.1. The van der Waals surface area contributed by atoms with Crippen molar-refractivity contribution in [1.29, 1.82) is 0 Å². The number of thiophene rings is 1. The van der Waals surface area contributed by atoms with E-state index < -0.39 is 0 Å². The van der Waals surface area contributed by atoms with Gasteiger partial charge in [0.15, 0.2) is 0 Å². The van der Waals surface area contributed by atoms with Gasteiger partial charge < -0.3 is 9.47 Å². The molecule has 2 rings (SSSR count). The highest BCUT2D eigenvalue weighted by Gasteiger charge is 2.21. The van der Waals surface area contributed by atoms with E-state index in [1.165, 1.54) is 89.9 Å². The second-order valence-corrected chi connectivity index (χ2v) is 10.9. The smallest absolute Gasteiger partial charge is 0.0998 e. The molecular formula is C30H52N2O2S. The number of unbranched alkanes of at least 4 members (excludes halogenated alkanes) is 14. The van der Waals surface area contributed by atoms with Crippen LogP contribution in [0.4, 0.5) is 0 Å². The molecule has 0 amide bonds. The average Bonchev–Trinajstić information content (AvgIpc) is 3.33. The summed E-state index contributed by atoms with van der Waals surface area (Å²) in [7, 11) is 0. The van der Waals surface area contributed by atoms with E-state index in [1.807, 2.05) is 0 Å². The normalized spacial score (nSPS) is 13.5. The molecule has 2 aromatic heterocycles. The van der Waals surface area contributed by atoms with Crippen LogP contribution in [-0.4, -0.2) is 23.2 Å². The van der Waals surface area contributed by atoms with Gasteiger partial charge in [0.05, 0.1) is 34.6 Å². The van der Waals surface area contributed by atoms with Gasteiger partial charge in [-0.2, -0.15) is 0 Å². The Balaban J connectivity index is 1.76. The lowest BCUT2D eigenvalue weighted by molar-refractivity contribution is 0.0427. The van der Waals surface area contributed by atoms with Crippen molar-refractivity contribution in [2.75, 3.05) is 13.2 Å². The molecule has 0 saturated heterocycles. The van der Waals surface area contributed by atoms with E-state index in [1.54, 1.807) is 11.3 Å². The lowest BCUT2D eigenvalue weighted by Gasteiger charge is -2.20. The maximum atomic E-state index is 6.23. The Morgan fingerprint density at radius 1 is 0.571 bits per heavy atom. The van der Waals surface area contributed by atoms with Gasteiger partial charge >= 0.3 is 0 Å². The maximum absolute atomic E-state index is 6.23. The van der Waals surface area contributed by atoms with E-state index in [9.17, 15) is 0 Å². The van der Waals surface area contributed by atoms with Crippen LogP contribution in [0.5, 0.6) is 0 Å². The Labute approximate surface area is 219 Å². The van der Waals surface area contributed by atoms with Gasteiger partial charge in [-0.15, -0.1) is 11.3 Å². The summed E-state index contributed by atoms with van der Waals surface area (Å²) in [6.45, 7) is 10.3. The van der Waals surface area contributed by atoms with Crippen molar-refractivity contribution in [1.82, 2.24) is 9.97 Å². The first-order valence-electron chi connectivity index (χ1n) is 14.6. The van der Waals surface area contributed by atoms with Crippen molar-refractivity contribution < 1.29 is 9.47 Å². The Morgan fingerprint density at radius 3 is 1.29 bits per heavy atom. The third-order valence-corrected chi connectivity index (χ3v) is 7.59. The molecule has 0 aliphatic heterocycles. The molecular weight excluding hydrogens is 452 g/mol. The minimum atomic E-state index is -0.0690. The van der Waals surface area contributed by atoms with Crippen LogP contribution in [0, 0.1) is 0 Å². The first-order chi connectivity index (χ1) is 17.2. The van der Waals surface area contributed by atoms with Crippen molar-refractivity contribution >= 4 is 22.4 Å². The molecule has 0 fully saturated rings. The molecule has 0 saturated carbocycles. The fourth-order valence-corrected chi connectivity index (χ4v) is 5.25. The Morgan fingerprint density at radius 2 is 0.914 bits per heavy atom. The lowest BCUT2D eigenvalue weighted by Crippen LogP contribution is -2.13.